The van der Waals surface area contributed by atoms with Crippen LogP contribution in [0.1, 0.15) is 37.3 Å². The van der Waals surface area contributed by atoms with Gasteiger partial charge in [-0.3, -0.25) is 0 Å². The molecule has 0 amide bonds. The highest BCUT2D eigenvalue weighted by atomic mass is 16.5. The first-order valence-electron chi connectivity index (χ1n) is 7.13. The topological polar surface area (TPSA) is 21.3 Å². The second-order valence-corrected chi connectivity index (χ2v) is 5.85. The van der Waals surface area contributed by atoms with Crippen molar-refractivity contribution in [3.05, 3.63) is 29.8 Å². The van der Waals surface area contributed by atoms with Crippen molar-refractivity contribution in [3.63, 3.8) is 0 Å². The van der Waals surface area contributed by atoms with Crippen LogP contribution in [0.5, 0.6) is 5.75 Å². The van der Waals surface area contributed by atoms with Crippen molar-refractivity contribution in [1.82, 2.24) is 5.32 Å². The Hall–Kier alpha value is -1.02. The molecule has 0 aliphatic heterocycles. The van der Waals surface area contributed by atoms with Crippen molar-refractivity contribution in [1.29, 1.82) is 0 Å². The standard InChI is InChI=1S/C16H23NO/c1-17-16(13-5-3-4-6-15(13)18-2)14-10-11-7-8-12(14)9-11/h3-6,11-12,14,16-17H,7-10H2,1-2H3. The Morgan fingerprint density at radius 1 is 1.22 bits per heavy atom. The molecule has 2 bridgehead atoms. The first kappa shape index (κ1) is 12.0. The molecule has 0 saturated heterocycles. The molecule has 0 radical (unpaired) electrons. The van der Waals surface area contributed by atoms with Gasteiger partial charge in [-0.1, -0.05) is 24.6 Å². The minimum atomic E-state index is 0.455. The van der Waals surface area contributed by atoms with Gasteiger partial charge in [0.25, 0.3) is 0 Å². The molecule has 2 aliphatic carbocycles. The average molecular weight is 245 g/mol. The molecule has 2 aliphatic rings. The molecule has 0 heterocycles. The molecule has 1 N–H and O–H groups in total. The largest absolute Gasteiger partial charge is 0.496 e. The van der Waals surface area contributed by atoms with Crippen LogP contribution >= 0.6 is 0 Å². The van der Waals surface area contributed by atoms with E-state index < -0.39 is 0 Å². The Balaban J connectivity index is 1.88. The molecule has 3 rings (SSSR count). The maximum Gasteiger partial charge on any atom is 0.123 e. The molecule has 18 heavy (non-hydrogen) atoms. The molecular formula is C16H23NO. The molecule has 1 aromatic rings. The van der Waals surface area contributed by atoms with E-state index in [9.17, 15) is 0 Å². The van der Waals surface area contributed by atoms with Gasteiger partial charge in [-0.05, 0) is 50.1 Å². The lowest BCUT2D eigenvalue weighted by Gasteiger charge is -2.31. The summed E-state index contributed by atoms with van der Waals surface area (Å²) in [6, 6.07) is 8.92. The number of ether oxygens (including phenoxy) is 1. The first-order valence-corrected chi connectivity index (χ1v) is 7.13. The van der Waals surface area contributed by atoms with E-state index in [2.05, 4.69) is 36.6 Å². The minimum Gasteiger partial charge on any atom is -0.496 e. The highest BCUT2D eigenvalue weighted by Crippen LogP contribution is 2.53. The van der Waals surface area contributed by atoms with Crippen molar-refractivity contribution < 1.29 is 4.74 Å². The molecule has 98 valence electrons. The number of para-hydroxylation sites is 1. The summed E-state index contributed by atoms with van der Waals surface area (Å²) in [5.41, 5.74) is 1.33. The summed E-state index contributed by atoms with van der Waals surface area (Å²) in [4.78, 5) is 0. The van der Waals surface area contributed by atoms with Gasteiger partial charge >= 0.3 is 0 Å². The maximum absolute atomic E-state index is 5.53. The lowest BCUT2D eigenvalue weighted by Crippen LogP contribution is -2.29. The van der Waals surface area contributed by atoms with Gasteiger partial charge in [0.05, 0.1) is 7.11 Å². The highest BCUT2D eigenvalue weighted by Gasteiger charge is 2.43. The van der Waals surface area contributed by atoms with E-state index in [0.29, 0.717) is 6.04 Å². The van der Waals surface area contributed by atoms with E-state index in [1.807, 2.05) is 0 Å². The summed E-state index contributed by atoms with van der Waals surface area (Å²) in [6.45, 7) is 0. The quantitative estimate of drug-likeness (QED) is 0.878. The van der Waals surface area contributed by atoms with Crippen LogP contribution in [0.25, 0.3) is 0 Å². The van der Waals surface area contributed by atoms with Gasteiger partial charge in [-0.25, -0.2) is 0 Å². The third-order valence-electron chi connectivity index (χ3n) is 5.01. The normalized spacial score (nSPS) is 31.6. The Morgan fingerprint density at radius 3 is 2.67 bits per heavy atom. The smallest absolute Gasteiger partial charge is 0.123 e. The van der Waals surface area contributed by atoms with Crippen LogP contribution in [-0.4, -0.2) is 14.2 Å². The fourth-order valence-corrected chi connectivity index (χ4v) is 4.23. The van der Waals surface area contributed by atoms with Gasteiger partial charge in [0.1, 0.15) is 5.75 Å². The number of hydrogen-bond donors (Lipinski definition) is 1. The van der Waals surface area contributed by atoms with Crippen LogP contribution in [0.2, 0.25) is 0 Å². The number of rotatable bonds is 4. The molecule has 4 atom stereocenters. The zero-order valence-electron chi connectivity index (χ0n) is 11.4. The van der Waals surface area contributed by atoms with Gasteiger partial charge < -0.3 is 10.1 Å². The van der Waals surface area contributed by atoms with Crippen molar-refractivity contribution in [3.8, 4) is 5.75 Å². The van der Waals surface area contributed by atoms with Gasteiger partial charge in [0.15, 0.2) is 0 Å². The van der Waals surface area contributed by atoms with E-state index in [1.165, 1.54) is 31.2 Å². The van der Waals surface area contributed by atoms with E-state index in [-0.39, 0.29) is 0 Å². The first-order chi connectivity index (χ1) is 8.83. The molecular weight excluding hydrogens is 222 g/mol. The Kier molecular flexibility index (Phi) is 3.29. The van der Waals surface area contributed by atoms with E-state index in [4.69, 9.17) is 4.74 Å². The second-order valence-electron chi connectivity index (χ2n) is 5.85. The monoisotopic (exact) mass is 245 g/mol. The average Bonchev–Trinajstić information content (AvgIpc) is 3.03. The fourth-order valence-electron chi connectivity index (χ4n) is 4.23. The Bertz CT molecular complexity index is 417. The maximum atomic E-state index is 5.53. The lowest BCUT2D eigenvalue weighted by molar-refractivity contribution is 0.254. The van der Waals surface area contributed by atoms with Crippen molar-refractivity contribution in [2.75, 3.05) is 14.2 Å². The van der Waals surface area contributed by atoms with Gasteiger partial charge in [0.2, 0.25) is 0 Å². The number of benzene rings is 1. The predicted molar refractivity (Wildman–Crippen MR) is 73.7 cm³/mol. The van der Waals surface area contributed by atoms with E-state index >= 15 is 0 Å². The molecule has 2 heteroatoms. The summed E-state index contributed by atoms with van der Waals surface area (Å²) >= 11 is 0. The molecule has 2 nitrogen and oxygen atoms in total. The molecule has 0 spiro atoms. The molecule has 0 aromatic heterocycles. The highest BCUT2D eigenvalue weighted by molar-refractivity contribution is 5.36. The Morgan fingerprint density at radius 2 is 2.06 bits per heavy atom. The van der Waals surface area contributed by atoms with E-state index in [1.54, 1.807) is 7.11 Å². The fraction of sp³-hybridized carbons (Fsp3) is 0.625. The lowest BCUT2D eigenvalue weighted by atomic mass is 9.80. The third-order valence-corrected chi connectivity index (χ3v) is 5.01. The second kappa shape index (κ2) is 4.93. The van der Waals surface area contributed by atoms with Crippen LogP contribution in [0.15, 0.2) is 24.3 Å². The summed E-state index contributed by atoms with van der Waals surface area (Å²) in [5.74, 6) is 3.74. The van der Waals surface area contributed by atoms with Gasteiger partial charge in [0, 0.05) is 11.6 Å². The van der Waals surface area contributed by atoms with Crippen LogP contribution in [0.3, 0.4) is 0 Å². The van der Waals surface area contributed by atoms with Crippen LogP contribution in [0, 0.1) is 17.8 Å². The molecule has 4 unspecified atom stereocenters. The number of nitrogens with one attached hydrogen (secondary N) is 1. The van der Waals surface area contributed by atoms with Crippen molar-refractivity contribution in [2.45, 2.75) is 31.7 Å². The van der Waals surface area contributed by atoms with Crippen molar-refractivity contribution in [2.24, 2.45) is 17.8 Å². The van der Waals surface area contributed by atoms with E-state index in [0.717, 1.165) is 23.5 Å². The summed E-state index contributed by atoms with van der Waals surface area (Å²) in [5, 5.41) is 3.54. The number of fused-ring (bicyclic) bond motifs is 2. The molecule has 2 saturated carbocycles. The SMILES string of the molecule is CNC(c1ccccc1OC)C1CC2CCC1C2. The van der Waals surface area contributed by atoms with Crippen molar-refractivity contribution >= 4 is 0 Å². The predicted octanol–water partition coefficient (Wildman–Crippen LogP) is 3.39. The minimum absolute atomic E-state index is 0.455. The van der Waals surface area contributed by atoms with Crippen LogP contribution in [0.4, 0.5) is 0 Å². The molecule has 1 aromatic carbocycles. The number of hydrogen-bond acceptors (Lipinski definition) is 2. The van der Waals surface area contributed by atoms with Gasteiger partial charge in [-0.15, -0.1) is 0 Å². The number of methoxy groups -OCH3 is 1. The zero-order valence-corrected chi connectivity index (χ0v) is 11.4. The van der Waals surface area contributed by atoms with Crippen LogP contribution < -0.4 is 10.1 Å². The summed E-state index contributed by atoms with van der Waals surface area (Å²) < 4.78 is 5.53. The van der Waals surface area contributed by atoms with Gasteiger partial charge in [-0.2, -0.15) is 0 Å². The Labute approximate surface area is 110 Å². The zero-order chi connectivity index (χ0) is 12.5. The van der Waals surface area contributed by atoms with Crippen LogP contribution in [-0.2, 0) is 0 Å². The third kappa shape index (κ3) is 1.93. The summed E-state index contributed by atoms with van der Waals surface area (Å²) in [7, 11) is 3.86. The molecule has 2 fully saturated rings. The summed E-state index contributed by atoms with van der Waals surface area (Å²) in [6.07, 6.45) is 5.75.